The fourth-order valence-electron chi connectivity index (χ4n) is 2.10. The van der Waals surface area contributed by atoms with Crippen molar-refractivity contribution >= 4 is 11.6 Å². The molecule has 25 heavy (non-hydrogen) atoms. The van der Waals surface area contributed by atoms with Crippen molar-refractivity contribution in [2.45, 2.75) is 13.8 Å². The number of benzene rings is 2. The highest BCUT2D eigenvalue weighted by Gasteiger charge is 2.08. The number of hydrogen-bond donors (Lipinski definition) is 1. The van der Waals surface area contributed by atoms with E-state index in [0.717, 1.165) is 11.1 Å². The molecule has 0 fully saturated rings. The fourth-order valence-corrected chi connectivity index (χ4v) is 2.10. The Balaban J connectivity index is 1.92. The topological polar surface area (TPSA) is 56.8 Å². The van der Waals surface area contributed by atoms with Crippen molar-refractivity contribution in [3.63, 3.8) is 0 Å². The van der Waals surface area contributed by atoms with E-state index in [2.05, 4.69) is 11.9 Å². The van der Waals surface area contributed by atoms with E-state index in [4.69, 9.17) is 14.2 Å². The van der Waals surface area contributed by atoms with Crippen molar-refractivity contribution in [1.29, 1.82) is 0 Å². The van der Waals surface area contributed by atoms with Crippen LogP contribution in [0.3, 0.4) is 0 Å². The number of ether oxygens (including phenoxy) is 3. The van der Waals surface area contributed by atoms with Crippen molar-refractivity contribution in [1.82, 2.24) is 0 Å². The van der Waals surface area contributed by atoms with Crippen molar-refractivity contribution in [2.75, 3.05) is 25.6 Å². The highest BCUT2D eigenvalue weighted by molar-refractivity contribution is 5.92. The highest BCUT2D eigenvalue weighted by Crippen LogP contribution is 2.27. The summed E-state index contributed by atoms with van der Waals surface area (Å²) in [6.07, 6.45) is 0. The van der Waals surface area contributed by atoms with Crippen molar-refractivity contribution in [3.8, 4) is 17.2 Å². The number of anilines is 1. The Hall–Kier alpha value is -2.95. The third kappa shape index (κ3) is 5.88. The normalized spacial score (nSPS) is 10.0. The zero-order valence-electron chi connectivity index (χ0n) is 14.8. The third-order valence-corrected chi connectivity index (χ3v) is 3.28. The average Bonchev–Trinajstić information content (AvgIpc) is 2.59. The molecule has 0 heterocycles. The van der Waals surface area contributed by atoms with Gasteiger partial charge in [0.2, 0.25) is 0 Å². The summed E-state index contributed by atoms with van der Waals surface area (Å²) in [7, 11) is 1.57. The van der Waals surface area contributed by atoms with E-state index in [9.17, 15) is 4.79 Å². The summed E-state index contributed by atoms with van der Waals surface area (Å²) in [4.78, 5) is 12.1. The van der Waals surface area contributed by atoms with Gasteiger partial charge in [0.1, 0.15) is 12.4 Å². The molecular weight excluding hydrogens is 318 g/mol. The lowest BCUT2D eigenvalue weighted by Gasteiger charge is -2.12. The lowest BCUT2D eigenvalue weighted by atomic mass is 10.2. The summed E-state index contributed by atoms with van der Waals surface area (Å²) in [5, 5.41) is 2.78. The zero-order valence-corrected chi connectivity index (χ0v) is 14.8. The van der Waals surface area contributed by atoms with Crippen LogP contribution in [0.5, 0.6) is 17.2 Å². The number of nitrogens with one attached hydrogen (secondary N) is 1. The zero-order chi connectivity index (χ0) is 18.2. The smallest absolute Gasteiger partial charge is 0.262 e. The summed E-state index contributed by atoms with van der Waals surface area (Å²) in [5.74, 6) is 1.53. The van der Waals surface area contributed by atoms with Crippen LogP contribution in [0.15, 0.2) is 54.6 Å². The standard InChI is InChI=1S/C20H23NO4/c1-14(2)12-24-17-7-5-6-16(11-17)21-20(22)13-25-18-9-8-15(3)10-19(18)23-4/h5-11H,1,12-13H2,2-4H3,(H,21,22). The SMILES string of the molecule is C=C(C)COc1cccc(NC(=O)COc2ccc(C)cc2OC)c1. The van der Waals surface area contributed by atoms with Gasteiger partial charge in [0.05, 0.1) is 7.11 Å². The van der Waals surface area contributed by atoms with Crippen LogP contribution in [0, 0.1) is 6.92 Å². The minimum absolute atomic E-state index is 0.115. The van der Waals surface area contributed by atoms with Gasteiger partial charge in [-0.15, -0.1) is 0 Å². The molecule has 0 saturated heterocycles. The number of rotatable bonds is 8. The number of amides is 1. The molecule has 5 nitrogen and oxygen atoms in total. The maximum atomic E-state index is 12.1. The van der Waals surface area contributed by atoms with Crippen LogP contribution in [0.2, 0.25) is 0 Å². The van der Waals surface area contributed by atoms with Gasteiger partial charge >= 0.3 is 0 Å². The van der Waals surface area contributed by atoms with E-state index in [1.165, 1.54) is 0 Å². The first-order valence-corrected chi connectivity index (χ1v) is 7.92. The van der Waals surface area contributed by atoms with Crippen LogP contribution in [0.25, 0.3) is 0 Å². The van der Waals surface area contributed by atoms with Crippen molar-refractivity contribution in [2.24, 2.45) is 0 Å². The van der Waals surface area contributed by atoms with Crippen LogP contribution in [0.4, 0.5) is 5.69 Å². The number of methoxy groups -OCH3 is 1. The summed E-state index contributed by atoms with van der Waals surface area (Å²) < 4.78 is 16.4. The monoisotopic (exact) mass is 341 g/mol. The summed E-state index contributed by atoms with van der Waals surface area (Å²) >= 11 is 0. The molecule has 0 atom stereocenters. The van der Waals surface area contributed by atoms with Crippen LogP contribution >= 0.6 is 0 Å². The molecule has 5 heteroatoms. The van der Waals surface area contributed by atoms with Gasteiger partial charge in [-0.05, 0) is 49.2 Å². The first-order valence-electron chi connectivity index (χ1n) is 7.92. The minimum atomic E-state index is -0.264. The number of aryl methyl sites for hydroxylation is 1. The molecule has 0 aromatic heterocycles. The van der Waals surface area contributed by atoms with Crippen LogP contribution < -0.4 is 19.5 Å². The van der Waals surface area contributed by atoms with E-state index >= 15 is 0 Å². The lowest BCUT2D eigenvalue weighted by molar-refractivity contribution is -0.118. The van der Waals surface area contributed by atoms with Gasteiger partial charge in [-0.3, -0.25) is 4.79 Å². The Bertz CT molecular complexity index is 755. The Morgan fingerprint density at radius 1 is 1.08 bits per heavy atom. The molecule has 0 aliphatic rings. The minimum Gasteiger partial charge on any atom is -0.493 e. The second-order valence-electron chi connectivity index (χ2n) is 5.76. The van der Waals surface area contributed by atoms with E-state index < -0.39 is 0 Å². The lowest BCUT2D eigenvalue weighted by Crippen LogP contribution is -2.20. The van der Waals surface area contributed by atoms with Gasteiger partial charge in [0, 0.05) is 11.8 Å². The van der Waals surface area contributed by atoms with Crippen LogP contribution in [-0.4, -0.2) is 26.2 Å². The van der Waals surface area contributed by atoms with Gasteiger partial charge in [-0.1, -0.05) is 18.7 Å². The molecule has 0 bridgehead atoms. The molecule has 1 amide bonds. The van der Waals surface area contributed by atoms with Gasteiger partial charge < -0.3 is 19.5 Å². The summed E-state index contributed by atoms with van der Waals surface area (Å²) in [6.45, 7) is 7.97. The fraction of sp³-hybridized carbons (Fsp3) is 0.250. The largest absolute Gasteiger partial charge is 0.493 e. The number of carbonyl (C=O) groups excluding carboxylic acids is 1. The highest BCUT2D eigenvalue weighted by atomic mass is 16.5. The Morgan fingerprint density at radius 2 is 1.88 bits per heavy atom. The van der Waals surface area contributed by atoms with E-state index in [1.54, 1.807) is 25.3 Å². The molecule has 0 spiro atoms. The van der Waals surface area contributed by atoms with Gasteiger partial charge in [-0.2, -0.15) is 0 Å². The average molecular weight is 341 g/mol. The maximum Gasteiger partial charge on any atom is 0.262 e. The van der Waals surface area contributed by atoms with Gasteiger partial charge in [0.15, 0.2) is 18.1 Å². The Labute approximate surface area is 148 Å². The molecule has 0 saturated carbocycles. The summed E-state index contributed by atoms with van der Waals surface area (Å²) in [6, 6.07) is 12.7. The van der Waals surface area contributed by atoms with Crippen LogP contribution in [0.1, 0.15) is 12.5 Å². The molecule has 2 aromatic carbocycles. The first kappa shape index (κ1) is 18.4. The molecule has 0 unspecified atom stereocenters. The predicted octanol–water partition coefficient (Wildman–Crippen LogP) is 3.98. The van der Waals surface area contributed by atoms with E-state index in [0.29, 0.717) is 29.5 Å². The molecule has 2 rings (SSSR count). The third-order valence-electron chi connectivity index (χ3n) is 3.28. The molecule has 2 aromatic rings. The first-order chi connectivity index (χ1) is 12.0. The van der Waals surface area contributed by atoms with Crippen LogP contribution in [-0.2, 0) is 4.79 Å². The Morgan fingerprint density at radius 3 is 2.60 bits per heavy atom. The molecule has 132 valence electrons. The summed E-state index contributed by atoms with van der Waals surface area (Å²) in [5.41, 5.74) is 2.62. The second-order valence-corrected chi connectivity index (χ2v) is 5.76. The predicted molar refractivity (Wildman–Crippen MR) is 98.6 cm³/mol. The molecule has 0 radical (unpaired) electrons. The van der Waals surface area contributed by atoms with Gasteiger partial charge in [-0.25, -0.2) is 0 Å². The van der Waals surface area contributed by atoms with E-state index in [-0.39, 0.29) is 12.5 Å². The van der Waals surface area contributed by atoms with Crippen molar-refractivity contribution in [3.05, 3.63) is 60.2 Å². The number of hydrogen-bond acceptors (Lipinski definition) is 4. The van der Waals surface area contributed by atoms with E-state index in [1.807, 2.05) is 38.1 Å². The quantitative estimate of drug-likeness (QED) is 0.738. The van der Waals surface area contributed by atoms with Gasteiger partial charge in [0.25, 0.3) is 5.91 Å². The molecule has 0 aliphatic carbocycles. The molecular formula is C20H23NO4. The number of carbonyl (C=O) groups is 1. The molecule has 1 N–H and O–H groups in total. The maximum absolute atomic E-state index is 12.1. The Kier molecular flexibility index (Phi) is 6.46. The second kappa shape index (κ2) is 8.78. The van der Waals surface area contributed by atoms with Crippen molar-refractivity contribution < 1.29 is 19.0 Å². The molecule has 0 aliphatic heterocycles.